The number of thiophene rings is 1. The molecule has 0 fully saturated rings. The molecule has 1 aromatic rings. The van der Waals surface area contributed by atoms with Gasteiger partial charge in [-0.15, -0.1) is 23.1 Å². The van der Waals surface area contributed by atoms with E-state index in [9.17, 15) is 4.79 Å². The number of allylic oxidation sites excluding steroid dienone is 1. The molecule has 19 heavy (non-hydrogen) atoms. The largest absolute Gasteiger partial charge is 0.396 e. The molecule has 1 rings (SSSR count). The fraction of sp³-hybridized carbons (Fsp3) is 0.462. The highest BCUT2D eigenvalue weighted by molar-refractivity contribution is 7.99. The highest BCUT2D eigenvalue weighted by Crippen LogP contribution is 2.41. The Bertz CT molecular complexity index is 476. The van der Waals surface area contributed by atoms with Crippen LogP contribution in [0.25, 0.3) is 0 Å². The first-order chi connectivity index (χ1) is 9.01. The molecule has 0 bridgehead atoms. The van der Waals surface area contributed by atoms with Gasteiger partial charge in [0, 0.05) is 13.1 Å². The molecule has 0 unspecified atom stereocenters. The minimum Gasteiger partial charge on any atom is -0.396 e. The lowest BCUT2D eigenvalue weighted by atomic mass is 10.3. The number of thioether (sulfide) groups is 1. The van der Waals surface area contributed by atoms with Crippen molar-refractivity contribution in [3.63, 3.8) is 0 Å². The molecule has 0 aliphatic heterocycles. The normalized spacial score (nSPS) is 10.1. The number of nitrogen functional groups attached to an aromatic ring is 1. The molecule has 0 aliphatic rings. The van der Waals surface area contributed by atoms with E-state index < -0.39 is 0 Å². The summed E-state index contributed by atoms with van der Waals surface area (Å²) in [7, 11) is 0. The third-order valence-corrected chi connectivity index (χ3v) is 4.54. The number of hydrogen-bond acceptors (Lipinski definition) is 5. The maximum Gasteiger partial charge on any atom is 0.263 e. The number of rotatable bonds is 6. The zero-order valence-corrected chi connectivity index (χ0v) is 13.4. The van der Waals surface area contributed by atoms with Gasteiger partial charge in [0.1, 0.15) is 9.88 Å². The summed E-state index contributed by atoms with van der Waals surface area (Å²) in [4.78, 5) is 13.4. The molecule has 4 N–H and O–H groups in total. The molecule has 0 aliphatic carbocycles. The van der Waals surface area contributed by atoms with Gasteiger partial charge in [0.2, 0.25) is 0 Å². The lowest BCUT2D eigenvalue weighted by Gasteiger charge is -2.03. The van der Waals surface area contributed by atoms with Gasteiger partial charge in [-0.1, -0.05) is 11.6 Å². The molecule has 0 spiro atoms. The highest BCUT2D eigenvalue weighted by Gasteiger charge is 2.19. The number of hydrogen-bond donors (Lipinski definition) is 3. The van der Waals surface area contributed by atoms with Crippen LogP contribution in [0.5, 0.6) is 0 Å². The van der Waals surface area contributed by atoms with Crippen LogP contribution < -0.4 is 16.4 Å². The van der Waals surface area contributed by atoms with Gasteiger partial charge in [0.25, 0.3) is 5.91 Å². The minimum absolute atomic E-state index is 0.101. The Labute approximate surface area is 122 Å². The van der Waals surface area contributed by atoms with Gasteiger partial charge in [0.15, 0.2) is 0 Å². The first kappa shape index (κ1) is 15.9. The fourth-order valence-corrected chi connectivity index (χ4v) is 3.46. The van der Waals surface area contributed by atoms with E-state index >= 15 is 0 Å². The van der Waals surface area contributed by atoms with Crippen molar-refractivity contribution in [1.82, 2.24) is 5.32 Å². The molecular formula is C13H21N3OS2. The summed E-state index contributed by atoms with van der Waals surface area (Å²) in [6.07, 6.45) is 4.07. The Morgan fingerprint density at radius 1 is 1.47 bits per heavy atom. The van der Waals surface area contributed by atoms with Crippen LogP contribution in [0.4, 0.5) is 10.7 Å². The monoisotopic (exact) mass is 299 g/mol. The van der Waals surface area contributed by atoms with Crippen LogP contribution in [0.3, 0.4) is 0 Å². The molecule has 4 nitrogen and oxygen atoms in total. The molecule has 1 heterocycles. The van der Waals surface area contributed by atoms with Gasteiger partial charge in [-0.25, -0.2) is 0 Å². The van der Waals surface area contributed by atoms with Crippen molar-refractivity contribution in [3.05, 3.63) is 16.5 Å². The van der Waals surface area contributed by atoms with Crippen LogP contribution in [0.1, 0.15) is 30.4 Å². The average molecular weight is 299 g/mol. The van der Waals surface area contributed by atoms with E-state index in [0.717, 1.165) is 16.4 Å². The highest BCUT2D eigenvalue weighted by atomic mass is 32.2. The number of carbonyl (C=O) groups is 1. The SMILES string of the molecule is CCNC(=O)c1sc(NCC=C(C)C)c(SC)c1N. The Kier molecular flexibility index (Phi) is 6.24. The summed E-state index contributed by atoms with van der Waals surface area (Å²) in [5.41, 5.74) is 7.88. The molecule has 106 valence electrons. The second kappa shape index (κ2) is 7.45. The van der Waals surface area contributed by atoms with E-state index in [1.165, 1.54) is 16.9 Å². The summed E-state index contributed by atoms with van der Waals surface area (Å²) < 4.78 is 0. The zero-order chi connectivity index (χ0) is 14.4. The van der Waals surface area contributed by atoms with Crippen LogP contribution in [0.15, 0.2) is 16.5 Å². The molecular weight excluding hydrogens is 278 g/mol. The quantitative estimate of drug-likeness (QED) is 0.557. The van der Waals surface area contributed by atoms with E-state index in [2.05, 4.69) is 30.6 Å². The smallest absolute Gasteiger partial charge is 0.263 e. The van der Waals surface area contributed by atoms with Gasteiger partial charge in [-0.3, -0.25) is 4.79 Å². The average Bonchev–Trinajstić information content (AvgIpc) is 2.65. The van der Waals surface area contributed by atoms with Crippen molar-refractivity contribution in [1.29, 1.82) is 0 Å². The molecule has 1 aromatic heterocycles. The van der Waals surface area contributed by atoms with Gasteiger partial charge in [0.05, 0.1) is 10.6 Å². The standard InChI is InChI=1S/C13H21N3OS2/c1-5-15-12(17)10-9(14)11(18-4)13(19-10)16-7-6-8(2)3/h6,16H,5,7,14H2,1-4H3,(H,15,17). The lowest BCUT2D eigenvalue weighted by molar-refractivity contribution is 0.0960. The van der Waals surface area contributed by atoms with Gasteiger partial charge in [-0.05, 0) is 27.0 Å². The van der Waals surface area contributed by atoms with Gasteiger partial charge in [-0.2, -0.15) is 0 Å². The third-order valence-electron chi connectivity index (χ3n) is 2.42. The maximum atomic E-state index is 11.9. The predicted octanol–water partition coefficient (Wildman–Crippen LogP) is 3.18. The van der Waals surface area contributed by atoms with E-state index in [-0.39, 0.29) is 5.91 Å². The second-order valence-corrected chi connectivity index (χ2v) is 6.07. The lowest BCUT2D eigenvalue weighted by Crippen LogP contribution is -2.22. The number of nitrogens with one attached hydrogen (secondary N) is 2. The fourth-order valence-electron chi connectivity index (χ4n) is 1.51. The van der Waals surface area contributed by atoms with Crippen molar-refractivity contribution in [2.75, 3.05) is 30.4 Å². The summed E-state index contributed by atoms with van der Waals surface area (Å²) >= 11 is 2.97. The summed E-state index contributed by atoms with van der Waals surface area (Å²) in [6, 6.07) is 0. The summed E-state index contributed by atoms with van der Waals surface area (Å²) in [6.45, 7) is 7.35. The van der Waals surface area contributed by atoms with Crippen LogP contribution in [0, 0.1) is 0 Å². The zero-order valence-electron chi connectivity index (χ0n) is 11.8. The molecule has 0 radical (unpaired) electrons. The van der Waals surface area contributed by atoms with Crippen LogP contribution in [-0.2, 0) is 0 Å². The number of carbonyl (C=O) groups excluding carboxylic acids is 1. The third kappa shape index (κ3) is 4.18. The topological polar surface area (TPSA) is 67.2 Å². The molecule has 1 amide bonds. The summed E-state index contributed by atoms with van der Waals surface area (Å²) in [5.74, 6) is -0.101. The number of anilines is 2. The van der Waals surface area contributed by atoms with Crippen molar-refractivity contribution >= 4 is 39.7 Å². The van der Waals surface area contributed by atoms with E-state index in [4.69, 9.17) is 5.73 Å². The summed E-state index contributed by atoms with van der Waals surface area (Å²) in [5, 5.41) is 7.06. The Morgan fingerprint density at radius 2 is 2.16 bits per heavy atom. The second-order valence-electron chi connectivity index (χ2n) is 4.23. The maximum absolute atomic E-state index is 11.9. The Balaban J connectivity index is 2.95. The van der Waals surface area contributed by atoms with Gasteiger partial charge < -0.3 is 16.4 Å². The number of nitrogens with two attached hydrogens (primary N) is 1. The molecule has 0 saturated carbocycles. The first-order valence-corrected chi connectivity index (χ1v) is 8.17. The van der Waals surface area contributed by atoms with Gasteiger partial charge >= 0.3 is 0 Å². The number of amides is 1. The van der Waals surface area contributed by atoms with Crippen molar-refractivity contribution < 1.29 is 4.79 Å². The van der Waals surface area contributed by atoms with Crippen molar-refractivity contribution in [3.8, 4) is 0 Å². The molecule has 0 aromatic carbocycles. The van der Waals surface area contributed by atoms with Crippen LogP contribution in [-0.4, -0.2) is 25.3 Å². The Hall–Kier alpha value is -1.14. The van der Waals surface area contributed by atoms with E-state index in [0.29, 0.717) is 17.1 Å². The minimum atomic E-state index is -0.101. The molecule has 6 heteroatoms. The molecule has 0 saturated heterocycles. The van der Waals surface area contributed by atoms with Crippen LogP contribution >= 0.6 is 23.1 Å². The Morgan fingerprint density at radius 3 is 2.68 bits per heavy atom. The van der Waals surface area contributed by atoms with E-state index in [1.807, 2.05) is 13.2 Å². The first-order valence-electron chi connectivity index (χ1n) is 6.12. The van der Waals surface area contributed by atoms with Crippen molar-refractivity contribution in [2.45, 2.75) is 25.7 Å². The van der Waals surface area contributed by atoms with Crippen molar-refractivity contribution in [2.24, 2.45) is 0 Å². The molecule has 0 atom stereocenters. The van der Waals surface area contributed by atoms with Crippen LogP contribution in [0.2, 0.25) is 0 Å². The predicted molar refractivity (Wildman–Crippen MR) is 86.4 cm³/mol. The van der Waals surface area contributed by atoms with E-state index in [1.54, 1.807) is 11.8 Å².